The third-order valence-electron chi connectivity index (χ3n) is 4.75. The van der Waals surface area contributed by atoms with Gasteiger partial charge in [-0.3, -0.25) is 4.79 Å². The zero-order chi connectivity index (χ0) is 20.5. The first-order valence-corrected chi connectivity index (χ1v) is 8.61. The number of hydrogen-bond donors (Lipinski definition) is 4. The van der Waals surface area contributed by atoms with Crippen molar-refractivity contribution in [3.63, 3.8) is 0 Å². The van der Waals surface area contributed by atoms with E-state index in [9.17, 15) is 28.2 Å². The first-order chi connectivity index (χ1) is 13.2. The first kappa shape index (κ1) is 20.2. The van der Waals surface area contributed by atoms with Crippen LogP contribution in [-0.4, -0.2) is 53.8 Å². The van der Waals surface area contributed by atoms with Gasteiger partial charge in [-0.05, 0) is 11.6 Å². The van der Waals surface area contributed by atoms with E-state index in [0.29, 0.717) is 23.2 Å². The maximum atomic E-state index is 12.2. The molecule has 1 saturated heterocycles. The Balaban J connectivity index is 1.80. The molecule has 5 N–H and O–H groups in total. The summed E-state index contributed by atoms with van der Waals surface area (Å²) in [6.45, 7) is -0.767. The predicted octanol–water partition coefficient (Wildman–Crippen LogP) is 0.942. The zero-order valence-corrected chi connectivity index (χ0v) is 14.7. The Bertz CT molecular complexity index is 857. The molecule has 4 unspecified atom stereocenters. The van der Waals surface area contributed by atoms with Crippen LogP contribution in [0.1, 0.15) is 23.5 Å². The number of rotatable bonds is 3. The fourth-order valence-corrected chi connectivity index (χ4v) is 3.46. The van der Waals surface area contributed by atoms with Gasteiger partial charge in [0.15, 0.2) is 0 Å². The molecule has 1 aliphatic heterocycles. The molecule has 0 radical (unpaired) electrons. The Morgan fingerprint density at radius 3 is 2.79 bits per heavy atom. The number of aliphatic hydroxyl groups is 2. The van der Waals surface area contributed by atoms with Crippen molar-refractivity contribution in [1.82, 2.24) is 5.32 Å². The molecule has 0 bridgehead atoms. The van der Waals surface area contributed by atoms with Gasteiger partial charge in [0, 0.05) is 29.2 Å². The molecule has 3 rings (SSSR count). The highest BCUT2D eigenvalue weighted by Crippen LogP contribution is 2.44. The number of benzene rings is 1. The lowest BCUT2D eigenvalue weighted by atomic mass is 9.92. The minimum atomic E-state index is -4.96. The van der Waals surface area contributed by atoms with Crippen molar-refractivity contribution in [2.24, 2.45) is 0 Å². The molecular weight excluding hydrogens is 377 g/mol. The number of alkyl halides is 3. The zero-order valence-electron chi connectivity index (χ0n) is 14.7. The van der Waals surface area contributed by atoms with E-state index in [4.69, 9.17) is 10.5 Å². The number of carbonyl (C=O) groups is 1. The number of ether oxygens (including phenoxy) is 1. The maximum Gasteiger partial charge on any atom is 0.471 e. The number of fused-ring (bicyclic) bond motifs is 1. The molecule has 9 heteroatoms. The lowest BCUT2D eigenvalue weighted by Gasteiger charge is -2.19. The second-order valence-corrected chi connectivity index (χ2v) is 6.60. The molecule has 1 heterocycles. The van der Waals surface area contributed by atoms with Crippen molar-refractivity contribution in [3.8, 4) is 11.8 Å². The number of amides is 1. The van der Waals surface area contributed by atoms with Crippen LogP contribution in [0.15, 0.2) is 24.3 Å². The molecule has 1 aromatic carbocycles. The third kappa shape index (κ3) is 3.99. The monoisotopic (exact) mass is 396 g/mol. The van der Waals surface area contributed by atoms with E-state index in [1.165, 1.54) is 0 Å². The van der Waals surface area contributed by atoms with E-state index in [0.717, 1.165) is 5.56 Å². The largest absolute Gasteiger partial charge is 0.471 e. The summed E-state index contributed by atoms with van der Waals surface area (Å²) in [6, 6.07) is 5.29. The fourth-order valence-electron chi connectivity index (χ4n) is 3.46. The number of carbonyl (C=O) groups excluding carboxylic acids is 1. The lowest BCUT2D eigenvalue weighted by Crippen LogP contribution is -2.36. The van der Waals surface area contributed by atoms with Crippen LogP contribution in [0.3, 0.4) is 0 Å². The second kappa shape index (κ2) is 7.83. The molecule has 1 fully saturated rings. The Kier molecular flexibility index (Phi) is 5.65. The van der Waals surface area contributed by atoms with Crippen molar-refractivity contribution >= 4 is 17.2 Å². The summed E-state index contributed by atoms with van der Waals surface area (Å²) in [4.78, 5) is 10.8. The van der Waals surface area contributed by atoms with Crippen LogP contribution in [0.2, 0.25) is 0 Å². The van der Waals surface area contributed by atoms with Crippen LogP contribution < -0.4 is 11.1 Å². The molecule has 0 spiro atoms. The highest BCUT2D eigenvalue weighted by molar-refractivity contribution is 5.91. The number of allylic oxidation sites excluding steroid dienone is 1. The van der Waals surface area contributed by atoms with Crippen LogP contribution in [0.25, 0.3) is 5.57 Å². The van der Waals surface area contributed by atoms with E-state index < -0.39 is 36.9 Å². The van der Waals surface area contributed by atoms with Gasteiger partial charge in [-0.2, -0.15) is 13.2 Å². The minimum Gasteiger partial charge on any atom is -0.398 e. The molecular formula is C19H19F3N2O4. The SMILES string of the molecule is Nc1cccc2c1C(C#CCNC(=O)C(F)(F)F)=CC2C1CC(O)C(CO)O1. The van der Waals surface area contributed by atoms with Crippen molar-refractivity contribution in [1.29, 1.82) is 0 Å². The number of aliphatic hydroxyl groups excluding tert-OH is 2. The molecule has 0 saturated carbocycles. The highest BCUT2D eigenvalue weighted by atomic mass is 19.4. The van der Waals surface area contributed by atoms with E-state index in [2.05, 4.69) is 11.8 Å². The molecule has 1 aliphatic carbocycles. The number of anilines is 1. The average molecular weight is 396 g/mol. The van der Waals surface area contributed by atoms with E-state index in [1.54, 1.807) is 23.5 Å². The molecule has 150 valence electrons. The van der Waals surface area contributed by atoms with Crippen LogP contribution in [0.4, 0.5) is 18.9 Å². The van der Waals surface area contributed by atoms with E-state index in [1.807, 2.05) is 6.07 Å². The van der Waals surface area contributed by atoms with Crippen LogP contribution in [-0.2, 0) is 9.53 Å². The maximum absolute atomic E-state index is 12.2. The van der Waals surface area contributed by atoms with Crippen LogP contribution >= 0.6 is 0 Å². The van der Waals surface area contributed by atoms with Gasteiger partial charge in [0.05, 0.1) is 25.4 Å². The van der Waals surface area contributed by atoms with E-state index >= 15 is 0 Å². The molecule has 1 amide bonds. The normalized spacial score (nSPS) is 26.2. The molecule has 2 aliphatic rings. The van der Waals surface area contributed by atoms with Crippen molar-refractivity contribution < 1.29 is 32.9 Å². The summed E-state index contributed by atoms with van der Waals surface area (Å²) >= 11 is 0. The Morgan fingerprint density at radius 1 is 1.39 bits per heavy atom. The Labute approximate surface area is 159 Å². The van der Waals surface area contributed by atoms with Crippen molar-refractivity contribution in [2.45, 2.75) is 36.8 Å². The highest BCUT2D eigenvalue weighted by Gasteiger charge is 2.41. The standard InChI is InChI=1S/C19H19F3N2O4/c20-19(21,22)18(27)24-6-2-3-10-7-12(11-4-1-5-13(23)17(10)11)15-8-14(26)16(9-25)28-15/h1,4-5,7,12,14-16,25-26H,6,8-9,23H2,(H,24,27). The van der Waals surface area contributed by atoms with Gasteiger partial charge in [0.25, 0.3) is 0 Å². The lowest BCUT2D eigenvalue weighted by molar-refractivity contribution is -0.173. The summed E-state index contributed by atoms with van der Waals surface area (Å²) in [5.74, 6) is 2.94. The first-order valence-electron chi connectivity index (χ1n) is 8.61. The fraction of sp³-hybridized carbons (Fsp3) is 0.421. The Hall–Kier alpha value is -2.54. The number of nitrogen functional groups attached to an aromatic ring is 1. The van der Waals surface area contributed by atoms with Gasteiger partial charge in [-0.1, -0.05) is 30.0 Å². The summed E-state index contributed by atoms with van der Waals surface area (Å²) < 4.78 is 42.3. The Morgan fingerprint density at radius 2 is 2.14 bits per heavy atom. The van der Waals surface area contributed by atoms with Gasteiger partial charge in [-0.25, -0.2) is 0 Å². The topological polar surface area (TPSA) is 105 Å². The quantitative estimate of drug-likeness (QED) is 0.450. The summed E-state index contributed by atoms with van der Waals surface area (Å²) in [6.07, 6.45) is -4.70. The molecule has 28 heavy (non-hydrogen) atoms. The van der Waals surface area contributed by atoms with Gasteiger partial charge in [0.1, 0.15) is 6.10 Å². The van der Waals surface area contributed by atoms with Crippen molar-refractivity contribution in [3.05, 3.63) is 35.4 Å². The average Bonchev–Trinajstić information content (AvgIpc) is 3.18. The van der Waals surface area contributed by atoms with Gasteiger partial charge < -0.3 is 26.0 Å². The van der Waals surface area contributed by atoms with E-state index in [-0.39, 0.29) is 12.5 Å². The third-order valence-corrected chi connectivity index (χ3v) is 4.75. The van der Waals surface area contributed by atoms with Gasteiger partial charge in [-0.15, -0.1) is 0 Å². The molecule has 1 aromatic rings. The summed E-state index contributed by atoms with van der Waals surface area (Å²) in [5.41, 5.74) is 8.52. The molecule has 4 atom stereocenters. The van der Waals surface area contributed by atoms with Crippen LogP contribution in [0, 0.1) is 11.8 Å². The van der Waals surface area contributed by atoms with Crippen LogP contribution in [0.5, 0.6) is 0 Å². The predicted molar refractivity (Wildman–Crippen MR) is 94.8 cm³/mol. The summed E-state index contributed by atoms with van der Waals surface area (Å²) in [7, 11) is 0. The smallest absolute Gasteiger partial charge is 0.398 e. The number of hydrogen-bond acceptors (Lipinski definition) is 5. The molecule has 6 nitrogen and oxygen atoms in total. The minimum absolute atomic E-state index is 0.265. The molecule has 0 aromatic heterocycles. The van der Waals surface area contributed by atoms with Gasteiger partial charge in [0.2, 0.25) is 0 Å². The van der Waals surface area contributed by atoms with Crippen molar-refractivity contribution in [2.75, 3.05) is 18.9 Å². The van der Waals surface area contributed by atoms with Gasteiger partial charge >= 0.3 is 12.1 Å². The second-order valence-electron chi connectivity index (χ2n) is 6.60. The number of nitrogens with two attached hydrogens (primary N) is 1. The summed E-state index contributed by atoms with van der Waals surface area (Å²) in [5, 5.41) is 21.0. The number of nitrogens with one attached hydrogen (secondary N) is 1. The number of halogens is 3.